The van der Waals surface area contributed by atoms with Crippen molar-refractivity contribution < 1.29 is 9.59 Å². The van der Waals surface area contributed by atoms with Crippen LogP contribution in [0.1, 0.15) is 49.1 Å². The predicted octanol–water partition coefficient (Wildman–Crippen LogP) is 2.96. The van der Waals surface area contributed by atoms with Crippen LogP contribution in [0, 0.1) is 18.8 Å². The summed E-state index contributed by atoms with van der Waals surface area (Å²) < 4.78 is 0. The lowest BCUT2D eigenvalue weighted by atomic mass is 9.95. The lowest BCUT2D eigenvalue weighted by molar-refractivity contribution is -0.140. The van der Waals surface area contributed by atoms with E-state index >= 15 is 0 Å². The topological polar surface area (TPSA) is 40.6 Å². The van der Waals surface area contributed by atoms with Crippen LogP contribution in [0.3, 0.4) is 0 Å². The molecule has 1 saturated carbocycles. The Bertz CT molecular complexity index is 666. The van der Waals surface area contributed by atoms with Crippen molar-refractivity contribution >= 4 is 11.8 Å². The van der Waals surface area contributed by atoms with Crippen LogP contribution in [0.2, 0.25) is 0 Å². The van der Waals surface area contributed by atoms with E-state index in [1.54, 1.807) is 0 Å². The summed E-state index contributed by atoms with van der Waals surface area (Å²) in [5.74, 6) is 1.07. The standard InChI is InChI=1S/C21H28N2O2/c1-15-7-2-3-9-17(15)18-13-19(18)21(25)23-12-6-8-16(14-23)20(24)22-10-4-5-11-22/h2-3,7,9,16,18-19H,4-6,8,10-14H2,1H3/t16-,18+,19-/m1/s1. The van der Waals surface area contributed by atoms with E-state index in [2.05, 4.69) is 31.2 Å². The summed E-state index contributed by atoms with van der Waals surface area (Å²) in [6.07, 6.45) is 5.11. The van der Waals surface area contributed by atoms with Crippen molar-refractivity contribution in [3.8, 4) is 0 Å². The average molecular weight is 340 g/mol. The van der Waals surface area contributed by atoms with E-state index < -0.39 is 0 Å². The van der Waals surface area contributed by atoms with E-state index in [0.29, 0.717) is 12.5 Å². The van der Waals surface area contributed by atoms with Gasteiger partial charge in [-0.15, -0.1) is 0 Å². The SMILES string of the molecule is Cc1ccccc1[C@@H]1C[C@H]1C(=O)N1CCC[C@@H](C(=O)N2CCCC2)C1. The summed E-state index contributed by atoms with van der Waals surface area (Å²) in [6, 6.07) is 8.40. The summed E-state index contributed by atoms with van der Waals surface area (Å²) in [6.45, 7) is 5.38. The van der Waals surface area contributed by atoms with Gasteiger partial charge in [-0.3, -0.25) is 9.59 Å². The molecule has 1 aliphatic carbocycles. The van der Waals surface area contributed by atoms with Crippen LogP contribution < -0.4 is 0 Å². The summed E-state index contributed by atoms with van der Waals surface area (Å²) in [5, 5.41) is 0. The summed E-state index contributed by atoms with van der Waals surface area (Å²) in [7, 11) is 0. The highest BCUT2D eigenvalue weighted by atomic mass is 16.2. The van der Waals surface area contributed by atoms with Crippen molar-refractivity contribution in [1.82, 2.24) is 9.80 Å². The van der Waals surface area contributed by atoms with E-state index in [0.717, 1.165) is 51.7 Å². The Hall–Kier alpha value is -1.84. The zero-order valence-electron chi connectivity index (χ0n) is 15.1. The first-order valence-corrected chi connectivity index (χ1v) is 9.78. The molecule has 2 amide bonds. The van der Waals surface area contributed by atoms with E-state index in [1.165, 1.54) is 11.1 Å². The first-order valence-electron chi connectivity index (χ1n) is 9.78. The summed E-state index contributed by atoms with van der Waals surface area (Å²) in [4.78, 5) is 29.6. The van der Waals surface area contributed by atoms with Gasteiger partial charge in [-0.05, 0) is 56.1 Å². The Morgan fingerprint density at radius 1 is 0.960 bits per heavy atom. The summed E-state index contributed by atoms with van der Waals surface area (Å²) in [5.41, 5.74) is 2.60. The first-order chi connectivity index (χ1) is 12.1. The molecule has 1 aromatic rings. The van der Waals surface area contributed by atoms with Crippen LogP contribution in [0.15, 0.2) is 24.3 Å². The molecule has 0 N–H and O–H groups in total. The van der Waals surface area contributed by atoms with Crippen LogP contribution >= 0.6 is 0 Å². The first kappa shape index (κ1) is 16.6. The summed E-state index contributed by atoms with van der Waals surface area (Å²) >= 11 is 0. The van der Waals surface area contributed by atoms with Crippen LogP contribution in [0.4, 0.5) is 0 Å². The van der Waals surface area contributed by atoms with Gasteiger partial charge in [0.25, 0.3) is 0 Å². The smallest absolute Gasteiger partial charge is 0.227 e. The van der Waals surface area contributed by atoms with Gasteiger partial charge in [0.05, 0.1) is 5.92 Å². The number of hydrogen-bond acceptors (Lipinski definition) is 2. The molecule has 0 spiro atoms. The molecule has 4 nitrogen and oxygen atoms in total. The molecule has 25 heavy (non-hydrogen) atoms. The van der Waals surface area contributed by atoms with E-state index in [1.807, 2.05) is 9.80 Å². The van der Waals surface area contributed by atoms with Gasteiger partial charge >= 0.3 is 0 Å². The van der Waals surface area contributed by atoms with Gasteiger partial charge < -0.3 is 9.80 Å². The molecule has 0 unspecified atom stereocenters. The Balaban J connectivity index is 1.38. The van der Waals surface area contributed by atoms with Crippen LogP contribution in [0.25, 0.3) is 0 Å². The van der Waals surface area contributed by atoms with E-state index in [-0.39, 0.29) is 23.7 Å². The number of likely N-dealkylation sites (tertiary alicyclic amines) is 2. The number of hydrogen-bond donors (Lipinski definition) is 0. The minimum atomic E-state index is 0.0199. The third-order valence-electron chi connectivity index (χ3n) is 6.20. The van der Waals surface area contributed by atoms with Gasteiger partial charge in [-0.1, -0.05) is 24.3 Å². The van der Waals surface area contributed by atoms with Gasteiger partial charge in [-0.2, -0.15) is 0 Å². The Morgan fingerprint density at radius 3 is 2.44 bits per heavy atom. The van der Waals surface area contributed by atoms with Gasteiger partial charge in [-0.25, -0.2) is 0 Å². The zero-order valence-corrected chi connectivity index (χ0v) is 15.1. The van der Waals surface area contributed by atoms with Gasteiger partial charge in [0.1, 0.15) is 0 Å². The van der Waals surface area contributed by atoms with Gasteiger partial charge in [0, 0.05) is 32.1 Å². The molecule has 2 saturated heterocycles. The van der Waals surface area contributed by atoms with Crippen molar-refractivity contribution in [2.45, 2.75) is 44.9 Å². The molecule has 0 aromatic heterocycles. The number of piperidine rings is 1. The largest absolute Gasteiger partial charge is 0.342 e. The third-order valence-corrected chi connectivity index (χ3v) is 6.20. The Labute approximate surface area is 150 Å². The molecule has 3 fully saturated rings. The molecule has 2 heterocycles. The highest BCUT2D eigenvalue weighted by Crippen LogP contribution is 2.49. The second kappa shape index (κ2) is 6.81. The second-order valence-corrected chi connectivity index (χ2v) is 7.96. The lowest BCUT2D eigenvalue weighted by Gasteiger charge is -2.34. The van der Waals surface area contributed by atoms with Gasteiger partial charge in [0.2, 0.25) is 11.8 Å². The maximum Gasteiger partial charge on any atom is 0.227 e. The van der Waals surface area contributed by atoms with E-state index in [4.69, 9.17) is 0 Å². The molecular weight excluding hydrogens is 312 g/mol. The molecular formula is C21H28N2O2. The molecule has 0 bridgehead atoms. The second-order valence-electron chi connectivity index (χ2n) is 7.96. The number of carbonyl (C=O) groups is 2. The van der Waals surface area contributed by atoms with Crippen LogP contribution in [-0.4, -0.2) is 47.8 Å². The maximum atomic E-state index is 12.9. The normalized spacial score (nSPS) is 28.9. The highest BCUT2D eigenvalue weighted by Gasteiger charge is 2.47. The van der Waals surface area contributed by atoms with Crippen molar-refractivity contribution in [2.75, 3.05) is 26.2 Å². The maximum absolute atomic E-state index is 12.9. The molecule has 2 aliphatic heterocycles. The van der Waals surface area contributed by atoms with E-state index in [9.17, 15) is 9.59 Å². The monoisotopic (exact) mass is 340 g/mol. The minimum absolute atomic E-state index is 0.0199. The van der Waals surface area contributed by atoms with Crippen molar-refractivity contribution in [3.63, 3.8) is 0 Å². The highest BCUT2D eigenvalue weighted by molar-refractivity contribution is 5.85. The fourth-order valence-electron chi connectivity index (χ4n) is 4.62. The van der Waals surface area contributed by atoms with Crippen molar-refractivity contribution in [2.24, 2.45) is 11.8 Å². The molecule has 1 aromatic carbocycles. The quantitative estimate of drug-likeness (QED) is 0.849. The molecule has 4 rings (SSSR count). The number of nitrogens with zero attached hydrogens (tertiary/aromatic N) is 2. The molecule has 0 radical (unpaired) electrons. The fraction of sp³-hybridized carbons (Fsp3) is 0.619. The average Bonchev–Trinajstić information content (AvgIpc) is 3.24. The van der Waals surface area contributed by atoms with Gasteiger partial charge in [0.15, 0.2) is 0 Å². The molecule has 4 heteroatoms. The number of benzene rings is 1. The fourth-order valence-corrected chi connectivity index (χ4v) is 4.62. The Morgan fingerprint density at radius 2 is 1.68 bits per heavy atom. The number of amides is 2. The van der Waals surface area contributed by atoms with Crippen molar-refractivity contribution in [1.29, 1.82) is 0 Å². The molecule has 3 aliphatic rings. The third kappa shape index (κ3) is 3.31. The minimum Gasteiger partial charge on any atom is -0.342 e. The molecule has 3 atom stereocenters. The van der Waals surface area contributed by atoms with Crippen molar-refractivity contribution in [3.05, 3.63) is 35.4 Å². The predicted molar refractivity (Wildman–Crippen MR) is 97.1 cm³/mol. The Kier molecular flexibility index (Phi) is 4.53. The number of carbonyl (C=O) groups excluding carboxylic acids is 2. The lowest BCUT2D eigenvalue weighted by Crippen LogP contribution is -2.46. The number of rotatable bonds is 3. The zero-order chi connectivity index (χ0) is 17.4. The number of aryl methyl sites for hydroxylation is 1. The van der Waals surface area contributed by atoms with Crippen LogP contribution in [0.5, 0.6) is 0 Å². The van der Waals surface area contributed by atoms with Crippen LogP contribution in [-0.2, 0) is 9.59 Å². The molecule has 134 valence electrons.